The molecule has 0 saturated heterocycles. The molecule has 0 fully saturated rings. The summed E-state index contributed by atoms with van der Waals surface area (Å²) >= 11 is 4.47. The number of benzene rings is 1. The van der Waals surface area contributed by atoms with Gasteiger partial charge >= 0.3 is 0 Å². The van der Waals surface area contributed by atoms with Crippen LogP contribution in [-0.2, 0) is 18.6 Å². The van der Waals surface area contributed by atoms with E-state index in [1.165, 1.54) is 22.7 Å². The van der Waals surface area contributed by atoms with Crippen LogP contribution in [0.1, 0.15) is 44.0 Å². The molecule has 0 radical (unpaired) electrons. The minimum Gasteiger partial charge on any atom is -0.376 e. The standard InChI is InChI=1S/C21H20N6OS3/c1-12-10-30-19(22-12)21(3,28)20-25-24-18(31-20)8-16-15-6-4-5-7-17(15)27(26-16)9-14-11-29-13(2)23-14/h4-7,10-11,28H,8-9H2,1-3H3. The largest absolute Gasteiger partial charge is 0.376 e. The number of rotatable bonds is 6. The van der Waals surface area contributed by atoms with E-state index in [1.807, 2.05) is 36.0 Å². The number of aromatic nitrogens is 6. The number of nitrogens with zero attached hydrogens (tertiary/aromatic N) is 6. The second-order valence-electron chi connectivity index (χ2n) is 7.52. The van der Waals surface area contributed by atoms with Crippen LogP contribution in [0.5, 0.6) is 0 Å². The van der Waals surface area contributed by atoms with Gasteiger partial charge in [-0.3, -0.25) is 4.68 Å². The number of hydrogen-bond acceptors (Lipinski definition) is 9. The molecule has 4 heterocycles. The van der Waals surface area contributed by atoms with Gasteiger partial charge in [-0.15, -0.1) is 32.9 Å². The summed E-state index contributed by atoms with van der Waals surface area (Å²) in [7, 11) is 0. The van der Waals surface area contributed by atoms with Crippen molar-refractivity contribution >= 4 is 44.9 Å². The number of fused-ring (bicyclic) bond motifs is 1. The van der Waals surface area contributed by atoms with Gasteiger partial charge in [-0.05, 0) is 26.8 Å². The Morgan fingerprint density at radius 2 is 1.87 bits per heavy atom. The molecule has 1 N–H and O–H groups in total. The average molecular weight is 469 g/mol. The Labute approximate surface area is 191 Å². The van der Waals surface area contributed by atoms with Gasteiger partial charge in [0.25, 0.3) is 0 Å². The monoisotopic (exact) mass is 468 g/mol. The van der Waals surface area contributed by atoms with Gasteiger partial charge in [0.1, 0.15) is 10.0 Å². The third-order valence-electron chi connectivity index (χ3n) is 4.95. The van der Waals surface area contributed by atoms with Gasteiger partial charge in [-0.1, -0.05) is 29.5 Å². The van der Waals surface area contributed by atoms with E-state index in [0.717, 1.165) is 38.0 Å². The van der Waals surface area contributed by atoms with E-state index in [4.69, 9.17) is 5.10 Å². The molecule has 1 aromatic carbocycles. The lowest BCUT2D eigenvalue weighted by molar-refractivity contribution is 0.101. The van der Waals surface area contributed by atoms with Gasteiger partial charge in [0.05, 0.1) is 28.5 Å². The first-order valence-electron chi connectivity index (χ1n) is 9.73. The normalized spacial score (nSPS) is 13.7. The fourth-order valence-electron chi connectivity index (χ4n) is 3.42. The van der Waals surface area contributed by atoms with E-state index in [1.54, 1.807) is 18.3 Å². The van der Waals surface area contributed by atoms with Gasteiger partial charge in [-0.25, -0.2) is 9.97 Å². The molecule has 158 valence electrons. The highest BCUT2D eigenvalue weighted by molar-refractivity contribution is 7.12. The molecule has 4 aromatic heterocycles. The van der Waals surface area contributed by atoms with Crippen molar-refractivity contribution in [3.05, 3.63) is 72.1 Å². The molecule has 10 heteroatoms. The summed E-state index contributed by atoms with van der Waals surface area (Å²) in [5.74, 6) is 0. The molecule has 5 rings (SSSR count). The van der Waals surface area contributed by atoms with Crippen molar-refractivity contribution in [1.29, 1.82) is 0 Å². The Morgan fingerprint density at radius 1 is 1.03 bits per heavy atom. The smallest absolute Gasteiger partial charge is 0.166 e. The molecule has 0 spiro atoms. The lowest BCUT2D eigenvalue weighted by Gasteiger charge is -2.16. The molecular formula is C21H20N6OS3. The van der Waals surface area contributed by atoms with Gasteiger partial charge in [0, 0.05) is 28.3 Å². The number of thiazole rings is 2. The van der Waals surface area contributed by atoms with E-state index >= 15 is 0 Å². The first-order chi connectivity index (χ1) is 14.9. The molecule has 7 nitrogen and oxygen atoms in total. The maximum absolute atomic E-state index is 11.0. The Bertz CT molecular complexity index is 1360. The zero-order valence-electron chi connectivity index (χ0n) is 17.2. The molecule has 0 amide bonds. The molecule has 1 atom stereocenters. The number of para-hydroxylation sites is 1. The fraction of sp³-hybridized carbons (Fsp3) is 0.286. The Kier molecular flexibility index (Phi) is 5.17. The molecule has 0 aliphatic heterocycles. The van der Waals surface area contributed by atoms with Crippen molar-refractivity contribution in [2.24, 2.45) is 0 Å². The molecular weight excluding hydrogens is 448 g/mol. The van der Waals surface area contributed by atoms with E-state index < -0.39 is 5.60 Å². The van der Waals surface area contributed by atoms with Crippen LogP contribution in [0.2, 0.25) is 0 Å². The van der Waals surface area contributed by atoms with Crippen molar-refractivity contribution < 1.29 is 5.11 Å². The molecule has 31 heavy (non-hydrogen) atoms. The second kappa shape index (κ2) is 7.86. The minimum atomic E-state index is -1.25. The summed E-state index contributed by atoms with van der Waals surface area (Å²) in [6, 6.07) is 8.20. The lowest BCUT2D eigenvalue weighted by atomic mass is 10.1. The quantitative estimate of drug-likeness (QED) is 0.399. The summed E-state index contributed by atoms with van der Waals surface area (Å²) in [5, 5.41) is 32.6. The predicted octanol–water partition coefficient (Wildman–Crippen LogP) is 4.31. The van der Waals surface area contributed by atoms with Gasteiger partial charge < -0.3 is 5.11 Å². The van der Waals surface area contributed by atoms with Crippen LogP contribution >= 0.6 is 34.0 Å². The van der Waals surface area contributed by atoms with E-state index in [9.17, 15) is 5.11 Å². The van der Waals surface area contributed by atoms with Crippen LogP contribution in [0.25, 0.3) is 10.9 Å². The summed E-state index contributed by atoms with van der Waals surface area (Å²) in [5.41, 5.74) is 2.65. The van der Waals surface area contributed by atoms with Crippen molar-refractivity contribution in [1.82, 2.24) is 29.9 Å². The van der Waals surface area contributed by atoms with Crippen LogP contribution in [0, 0.1) is 13.8 Å². The molecule has 0 saturated carbocycles. The van der Waals surface area contributed by atoms with Crippen LogP contribution in [0.15, 0.2) is 35.0 Å². The molecule has 0 aliphatic carbocycles. The Balaban J connectivity index is 1.45. The highest BCUT2D eigenvalue weighted by Gasteiger charge is 2.33. The van der Waals surface area contributed by atoms with Crippen molar-refractivity contribution in [2.45, 2.75) is 39.3 Å². The van der Waals surface area contributed by atoms with Crippen molar-refractivity contribution in [2.75, 3.05) is 0 Å². The van der Waals surface area contributed by atoms with Crippen molar-refractivity contribution in [3.8, 4) is 0 Å². The van der Waals surface area contributed by atoms with E-state index in [0.29, 0.717) is 23.0 Å². The summed E-state index contributed by atoms with van der Waals surface area (Å²) in [4.78, 5) is 9.00. The first kappa shape index (κ1) is 20.4. The molecule has 5 aromatic rings. The van der Waals surface area contributed by atoms with E-state index in [-0.39, 0.29) is 0 Å². The van der Waals surface area contributed by atoms with Crippen LogP contribution < -0.4 is 0 Å². The van der Waals surface area contributed by atoms with Gasteiger partial charge in [-0.2, -0.15) is 5.10 Å². The predicted molar refractivity (Wildman–Crippen MR) is 124 cm³/mol. The molecule has 0 aliphatic rings. The minimum absolute atomic E-state index is 0.540. The number of hydrogen-bond donors (Lipinski definition) is 1. The van der Waals surface area contributed by atoms with Gasteiger partial charge in [0.2, 0.25) is 0 Å². The highest BCUT2D eigenvalue weighted by atomic mass is 32.1. The number of aliphatic hydroxyl groups is 1. The second-order valence-corrected chi connectivity index (χ2v) is 10.5. The third kappa shape index (κ3) is 3.91. The van der Waals surface area contributed by atoms with Gasteiger partial charge in [0.15, 0.2) is 10.6 Å². The van der Waals surface area contributed by atoms with Crippen molar-refractivity contribution in [3.63, 3.8) is 0 Å². The molecule has 0 bridgehead atoms. The summed E-state index contributed by atoms with van der Waals surface area (Å²) < 4.78 is 2.00. The maximum Gasteiger partial charge on any atom is 0.166 e. The SMILES string of the molecule is Cc1csc(C(C)(O)c2nnc(Cc3nn(Cc4csc(C)n4)c4ccccc34)s2)n1. The fourth-order valence-corrected chi connectivity index (χ4v) is 5.83. The van der Waals surface area contributed by atoms with Crippen LogP contribution in [0.4, 0.5) is 0 Å². The highest BCUT2D eigenvalue weighted by Crippen LogP contribution is 2.34. The average Bonchev–Trinajstić information content (AvgIpc) is 3.52. The van der Waals surface area contributed by atoms with Crippen LogP contribution in [0.3, 0.4) is 0 Å². The topological polar surface area (TPSA) is 89.6 Å². The zero-order valence-corrected chi connectivity index (χ0v) is 19.7. The Morgan fingerprint density at radius 3 is 2.61 bits per heavy atom. The summed E-state index contributed by atoms with van der Waals surface area (Å²) in [6.07, 6.45) is 0.550. The molecule has 1 unspecified atom stereocenters. The maximum atomic E-state index is 11.0. The zero-order chi connectivity index (χ0) is 21.6. The van der Waals surface area contributed by atoms with Crippen LogP contribution in [-0.4, -0.2) is 35.1 Å². The van der Waals surface area contributed by atoms with E-state index in [2.05, 4.69) is 37.7 Å². The third-order valence-corrected chi connectivity index (χ3v) is 8.08. The Hall–Kier alpha value is -2.53. The summed E-state index contributed by atoms with van der Waals surface area (Å²) in [6.45, 7) is 6.27. The lowest BCUT2D eigenvalue weighted by Crippen LogP contribution is -2.22. The first-order valence-corrected chi connectivity index (χ1v) is 12.3. The number of aryl methyl sites for hydroxylation is 2.